The summed E-state index contributed by atoms with van der Waals surface area (Å²) in [5.74, 6) is 0.990. The van der Waals surface area contributed by atoms with Crippen LogP contribution >= 0.6 is 0 Å². The maximum Gasteiger partial charge on any atom is 0.273 e. The number of carbonyl (C=O) groups excluding carboxylic acids is 1. The number of likely N-dealkylation sites (N-methyl/N-ethyl adjacent to an activating group) is 1. The number of hydrogen-bond donors (Lipinski definition) is 0. The van der Waals surface area contributed by atoms with Crippen molar-refractivity contribution < 1.29 is 19.2 Å². The molecule has 0 spiro atoms. The molecule has 0 saturated heterocycles. The Morgan fingerprint density at radius 2 is 1.80 bits per heavy atom. The first-order chi connectivity index (χ1) is 12.0. The third-order valence-electron chi connectivity index (χ3n) is 3.82. The van der Waals surface area contributed by atoms with Crippen LogP contribution in [0.1, 0.15) is 11.1 Å². The van der Waals surface area contributed by atoms with Gasteiger partial charge in [-0.15, -0.1) is 0 Å². The Bertz CT molecular complexity index is 776. The van der Waals surface area contributed by atoms with Gasteiger partial charge in [-0.3, -0.25) is 14.9 Å². The second kappa shape index (κ2) is 8.14. The van der Waals surface area contributed by atoms with Crippen LogP contribution in [0.3, 0.4) is 0 Å². The van der Waals surface area contributed by atoms with E-state index in [2.05, 4.69) is 0 Å². The molecule has 0 saturated carbocycles. The van der Waals surface area contributed by atoms with Gasteiger partial charge in [-0.1, -0.05) is 24.3 Å². The summed E-state index contributed by atoms with van der Waals surface area (Å²) in [6.07, 6.45) is -0.0268. The number of ether oxygens (including phenoxy) is 2. The lowest BCUT2D eigenvalue weighted by Gasteiger charge is -2.18. The van der Waals surface area contributed by atoms with Crippen LogP contribution in [0.15, 0.2) is 42.5 Å². The molecule has 0 unspecified atom stereocenters. The summed E-state index contributed by atoms with van der Waals surface area (Å²) in [6.45, 7) is 0.361. The van der Waals surface area contributed by atoms with Crippen molar-refractivity contribution in [3.63, 3.8) is 0 Å². The van der Waals surface area contributed by atoms with Crippen molar-refractivity contribution in [3.8, 4) is 11.5 Å². The quantitative estimate of drug-likeness (QED) is 0.570. The van der Waals surface area contributed by atoms with Crippen LogP contribution in [0.25, 0.3) is 0 Å². The van der Waals surface area contributed by atoms with Crippen LogP contribution in [-0.4, -0.2) is 37.0 Å². The average Bonchev–Trinajstić information content (AvgIpc) is 2.61. The van der Waals surface area contributed by atoms with Gasteiger partial charge in [0.25, 0.3) is 5.69 Å². The van der Waals surface area contributed by atoms with Crippen LogP contribution in [0.2, 0.25) is 0 Å². The highest BCUT2D eigenvalue weighted by atomic mass is 16.6. The second-order valence-electron chi connectivity index (χ2n) is 5.50. The number of nitro groups is 1. The van der Waals surface area contributed by atoms with E-state index in [4.69, 9.17) is 9.47 Å². The summed E-state index contributed by atoms with van der Waals surface area (Å²) in [7, 11) is 4.76. The molecule has 0 aliphatic heterocycles. The van der Waals surface area contributed by atoms with Crippen molar-refractivity contribution in [2.75, 3.05) is 21.3 Å². The Kier molecular flexibility index (Phi) is 5.94. The highest BCUT2D eigenvalue weighted by molar-refractivity contribution is 5.79. The molecule has 132 valence electrons. The van der Waals surface area contributed by atoms with Crippen molar-refractivity contribution in [1.82, 2.24) is 4.90 Å². The van der Waals surface area contributed by atoms with Crippen LogP contribution in [0, 0.1) is 10.1 Å². The van der Waals surface area contributed by atoms with Gasteiger partial charge in [0, 0.05) is 25.2 Å². The van der Waals surface area contributed by atoms with Gasteiger partial charge < -0.3 is 14.4 Å². The van der Waals surface area contributed by atoms with Crippen molar-refractivity contribution in [2.45, 2.75) is 13.0 Å². The predicted molar refractivity (Wildman–Crippen MR) is 92.8 cm³/mol. The topological polar surface area (TPSA) is 81.9 Å². The number of carbonyl (C=O) groups is 1. The van der Waals surface area contributed by atoms with Crippen molar-refractivity contribution in [1.29, 1.82) is 0 Å². The fraction of sp³-hybridized carbons (Fsp3) is 0.278. The number of nitro benzene ring substituents is 1. The lowest BCUT2D eigenvalue weighted by Crippen LogP contribution is -2.28. The van der Waals surface area contributed by atoms with E-state index in [-0.39, 0.29) is 18.0 Å². The number of benzene rings is 2. The standard InChI is InChI=1S/C18H20N2O5/c1-19(12-13-8-9-16(24-2)17(10-13)25-3)18(21)11-14-6-4-5-7-15(14)20(22)23/h4-10H,11-12H2,1-3H3. The molecule has 0 atom stereocenters. The summed E-state index contributed by atoms with van der Waals surface area (Å²) >= 11 is 0. The number of nitrogens with zero attached hydrogens (tertiary/aromatic N) is 2. The van der Waals surface area contributed by atoms with Crippen LogP contribution < -0.4 is 9.47 Å². The molecule has 25 heavy (non-hydrogen) atoms. The molecular weight excluding hydrogens is 324 g/mol. The molecule has 7 heteroatoms. The van der Waals surface area contributed by atoms with Crippen LogP contribution in [-0.2, 0) is 17.8 Å². The van der Waals surface area contributed by atoms with Gasteiger partial charge >= 0.3 is 0 Å². The van der Waals surface area contributed by atoms with E-state index in [9.17, 15) is 14.9 Å². The Hall–Kier alpha value is -3.09. The molecular formula is C18H20N2O5. The first-order valence-corrected chi connectivity index (χ1v) is 7.63. The summed E-state index contributed by atoms with van der Waals surface area (Å²) in [5.41, 5.74) is 1.23. The van der Waals surface area contributed by atoms with Crippen molar-refractivity contribution >= 4 is 11.6 Å². The molecule has 1 amide bonds. The average molecular weight is 344 g/mol. The number of rotatable bonds is 7. The van der Waals surface area contributed by atoms with E-state index in [1.807, 2.05) is 6.07 Å². The van der Waals surface area contributed by atoms with Gasteiger partial charge in [0.2, 0.25) is 5.91 Å². The second-order valence-corrected chi connectivity index (χ2v) is 5.50. The summed E-state index contributed by atoms with van der Waals surface area (Å²) in [5, 5.41) is 11.0. The Labute approximate surface area is 145 Å². The molecule has 2 aromatic rings. The van der Waals surface area contributed by atoms with Crippen molar-refractivity contribution in [2.24, 2.45) is 0 Å². The molecule has 0 aliphatic carbocycles. The lowest BCUT2D eigenvalue weighted by atomic mass is 10.1. The fourth-order valence-corrected chi connectivity index (χ4v) is 2.48. The van der Waals surface area contributed by atoms with Gasteiger partial charge in [0.15, 0.2) is 11.5 Å². The summed E-state index contributed by atoms with van der Waals surface area (Å²) in [4.78, 5) is 24.5. The number of methoxy groups -OCH3 is 2. The van der Waals surface area contributed by atoms with Gasteiger partial charge in [-0.25, -0.2) is 0 Å². The zero-order valence-corrected chi connectivity index (χ0v) is 14.4. The molecule has 0 fully saturated rings. The third-order valence-corrected chi connectivity index (χ3v) is 3.82. The Morgan fingerprint density at radius 3 is 2.44 bits per heavy atom. The maximum absolute atomic E-state index is 12.4. The highest BCUT2D eigenvalue weighted by Gasteiger charge is 2.18. The minimum absolute atomic E-state index is 0.0268. The van der Waals surface area contributed by atoms with Gasteiger partial charge in [0.1, 0.15) is 0 Å². The smallest absolute Gasteiger partial charge is 0.273 e. The van der Waals surface area contributed by atoms with Crippen LogP contribution in [0.4, 0.5) is 5.69 Å². The van der Waals surface area contributed by atoms with Gasteiger partial charge in [0.05, 0.1) is 25.6 Å². The molecule has 2 aromatic carbocycles. The largest absolute Gasteiger partial charge is 0.493 e. The predicted octanol–water partition coefficient (Wildman–Crippen LogP) is 2.81. The molecule has 0 radical (unpaired) electrons. The molecule has 2 rings (SSSR count). The number of hydrogen-bond acceptors (Lipinski definition) is 5. The van der Waals surface area contributed by atoms with Gasteiger partial charge in [-0.2, -0.15) is 0 Å². The highest BCUT2D eigenvalue weighted by Crippen LogP contribution is 2.28. The van der Waals surface area contributed by atoms with Gasteiger partial charge in [-0.05, 0) is 17.7 Å². The number of amides is 1. The van der Waals surface area contributed by atoms with E-state index < -0.39 is 4.92 Å². The van der Waals surface area contributed by atoms with E-state index in [1.54, 1.807) is 51.6 Å². The maximum atomic E-state index is 12.4. The molecule has 0 bridgehead atoms. The Morgan fingerprint density at radius 1 is 1.12 bits per heavy atom. The van der Waals surface area contributed by atoms with E-state index in [0.717, 1.165) is 5.56 Å². The first-order valence-electron chi connectivity index (χ1n) is 7.63. The lowest BCUT2D eigenvalue weighted by molar-refractivity contribution is -0.385. The zero-order valence-electron chi connectivity index (χ0n) is 14.4. The van der Waals surface area contributed by atoms with Crippen LogP contribution in [0.5, 0.6) is 11.5 Å². The summed E-state index contributed by atoms with van der Waals surface area (Å²) in [6, 6.07) is 11.7. The van der Waals surface area contributed by atoms with Crippen molar-refractivity contribution in [3.05, 3.63) is 63.7 Å². The number of para-hydroxylation sites is 1. The molecule has 0 aromatic heterocycles. The molecule has 0 N–H and O–H groups in total. The van der Waals surface area contributed by atoms with E-state index in [1.165, 1.54) is 11.0 Å². The van der Waals surface area contributed by atoms with E-state index >= 15 is 0 Å². The molecule has 7 nitrogen and oxygen atoms in total. The first kappa shape index (κ1) is 18.3. The fourth-order valence-electron chi connectivity index (χ4n) is 2.48. The monoisotopic (exact) mass is 344 g/mol. The Balaban J connectivity index is 2.10. The summed E-state index contributed by atoms with van der Waals surface area (Å²) < 4.78 is 10.4. The SMILES string of the molecule is COc1ccc(CN(C)C(=O)Cc2ccccc2[N+](=O)[O-])cc1OC. The minimum atomic E-state index is -0.475. The third kappa shape index (κ3) is 4.47. The normalized spacial score (nSPS) is 10.2. The zero-order chi connectivity index (χ0) is 18.4. The van der Waals surface area contributed by atoms with E-state index in [0.29, 0.717) is 23.6 Å². The molecule has 0 aliphatic rings. The minimum Gasteiger partial charge on any atom is -0.493 e. The molecule has 0 heterocycles.